The number of rotatable bonds is 6. The second kappa shape index (κ2) is 21.1. The van der Waals surface area contributed by atoms with Gasteiger partial charge in [-0.25, -0.2) is 0 Å². The van der Waals surface area contributed by atoms with Crippen molar-refractivity contribution < 1.29 is 53.6 Å². The zero-order valence-electron chi connectivity index (χ0n) is 33.5. The van der Waals surface area contributed by atoms with Crippen LogP contribution in [0.1, 0.15) is 25.0 Å². The predicted molar refractivity (Wildman–Crippen MR) is 255 cm³/mol. The topological polar surface area (TPSA) is 26.3 Å². The Morgan fingerprint density at radius 1 is 0.361 bits per heavy atom. The molecule has 2 heterocycles. The van der Waals surface area contributed by atoms with Crippen molar-refractivity contribution in [3.63, 3.8) is 0 Å². The van der Waals surface area contributed by atoms with Crippen LogP contribution in [0.4, 0.5) is 0 Å². The van der Waals surface area contributed by atoms with Crippen molar-refractivity contribution in [3.05, 3.63) is 230 Å². The van der Waals surface area contributed by atoms with Crippen LogP contribution in [0, 0.1) is 24.7 Å². The molecule has 0 amide bonds. The Labute approximate surface area is 392 Å². The third kappa shape index (κ3) is 10.1. The molecule has 0 N–H and O–H groups in total. The molecule has 0 atom stereocenters. The Morgan fingerprint density at radius 3 is 1.13 bits per heavy atom. The summed E-state index contributed by atoms with van der Waals surface area (Å²) in [4.78, 5) is 0.154. The van der Waals surface area contributed by atoms with Crippen molar-refractivity contribution in [3.8, 4) is 11.8 Å². The van der Waals surface area contributed by atoms with Crippen LogP contribution >= 0.6 is 15.8 Å². The van der Waals surface area contributed by atoms with Crippen molar-refractivity contribution in [2.24, 2.45) is 0 Å². The molecule has 0 fully saturated rings. The molecule has 0 aliphatic carbocycles. The predicted octanol–water partition coefficient (Wildman–Crippen LogP) is 12.5. The molecule has 0 spiro atoms. The third-order valence-electron chi connectivity index (χ3n) is 10.5. The summed E-state index contributed by atoms with van der Waals surface area (Å²) in [6.07, 6.45) is 14.2. The quantitative estimate of drug-likeness (QED) is 0.0718. The van der Waals surface area contributed by atoms with Gasteiger partial charge in [0.05, 0.1) is 0 Å². The SMILES string of the molecule is CC(C)([PH+](c1ccccc1)c1ccccc1)[PH+](c1ccccc1)c1ccccc1.[Au+].[Au+].[C-]#Cc1ccc2c(c1)oc1ccccc12.[C-]#Cc1ccc2oc3ccccc3c2c1. The van der Waals surface area contributed by atoms with Crippen molar-refractivity contribution in [1.29, 1.82) is 0 Å². The Kier molecular flexibility index (Phi) is 15.7. The maximum atomic E-state index is 7.10. The normalized spacial score (nSPS) is 10.8. The second-order valence-electron chi connectivity index (χ2n) is 14.7. The molecule has 0 radical (unpaired) electrons. The van der Waals surface area contributed by atoms with E-state index in [1.54, 1.807) is 0 Å². The molecule has 0 saturated heterocycles. The summed E-state index contributed by atoms with van der Waals surface area (Å²) < 4.78 is 11.3. The van der Waals surface area contributed by atoms with Crippen LogP contribution in [-0.4, -0.2) is 4.90 Å². The van der Waals surface area contributed by atoms with E-state index >= 15 is 0 Å². The molecular weight excluding hydrogens is 1150 g/mol. The molecule has 2 aromatic heterocycles. The van der Waals surface area contributed by atoms with Crippen LogP contribution in [0.2, 0.25) is 0 Å². The minimum absolute atomic E-state index is 0. The van der Waals surface area contributed by atoms with E-state index in [9.17, 15) is 0 Å². The fourth-order valence-corrected chi connectivity index (χ4v) is 16.3. The third-order valence-corrected chi connectivity index (χ3v) is 18.2. The minimum atomic E-state index is -1.02. The molecule has 304 valence electrons. The number of hydrogen-bond donors (Lipinski definition) is 0. The molecular formula is C55H42Au2O2P2+2. The molecule has 8 aromatic carbocycles. The molecule has 0 aliphatic heterocycles. The Bertz CT molecular complexity index is 2890. The van der Waals surface area contributed by atoms with Crippen molar-refractivity contribution in [2.75, 3.05) is 0 Å². The summed E-state index contributed by atoms with van der Waals surface area (Å²) in [5.74, 6) is 4.74. The minimum Gasteiger partial charge on any atom is -0.458 e. The van der Waals surface area contributed by atoms with Gasteiger partial charge >= 0.3 is 44.8 Å². The van der Waals surface area contributed by atoms with E-state index in [-0.39, 0.29) is 49.7 Å². The summed E-state index contributed by atoms with van der Waals surface area (Å²) in [5.41, 5.74) is 4.95. The fraction of sp³-hybridized carbons (Fsp3) is 0.0545. The Balaban J connectivity index is 0.000000164. The standard InChI is InChI=1S/C27H26P2.2C14H7O.2Au/c1-27(2,28(23-15-7-3-8-16-23)24-17-9-4-10-18-24)29(25-19-11-5-12-20-25)26-21-13-6-14-22-26;1-2-10-7-8-14-12(9-10)11-5-3-4-6-13(11)15-14;1-2-10-7-8-12-11-5-3-4-6-13(11)15-14(12)9-10;;/h3-22H,1-2H3;2*3-9H;;/q;2*-1;2*+1/p+2. The van der Waals surface area contributed by atoms with Gasteiger partial charge in [0, 0.05) is 35.4 Å². The zero-order valence-corrected chi connectivity index (χ0v) is 39.9. The monoisotopic (exact) mass is 1190 g/mol. The van der Waals surface area contributed by atoms with E-state index in [4.69, 9.17) is 21.7 Å². The molecule has 0 bridgehead atoms. The van der Waals surface area contributed by atoms with Crippen LogP contribution in [-0.2, 0) is 44.8 Å². The van der Waals surface area contributed by atoms with Crippen LogP contribution in [0.5, 0.6) is 0 Å². The van der Waals surface area contributed by atoms with Crippen LogP contribution in [0.3, 0.4) is 0 Å². The number of hydrogen-bond acceptors (Lipinski definition) is 2. The van der Waals surface area contributed by atoms with Crippen LogP contribution in [0.15, 0.2) is 215 Å². The summed E-state index contributed by atoms with van der Waals surface area (Å²) in [7, 11) is -2.05. The van der Waals surface area contributed by atoms with Gasteiger partial charge in [0.2, 0.25) is 0 Å². The smallest absolute Gasteiger partial charge is 0.458 e. The molecule has 10 aromatic rings. The van der Waals surface area contributed by atoms with Gasteiger partial charge in [-0.15, -0.1) is 29.3 Å². The van der Waals surface area contributed by atoms with Crippen LogP contribution < -0.4 is 21.2 Å². The second-order valence-corrected chi connectivity index (χ2v) is 21.5. The van der Waals surface area contributed by atoms with Gasteiger partial charge < -0.3 is 21.7 Å². The van der Waals surface area contributed by atoms with E-state index in [2.05, 4.69) is 147 Å². The van der Waals surface area contributed by atoms with Crippen molar-refractivity contribution in [1.82, 2.24) is 0 Å². The summed E-state index contributed by atoms with van der Waals surface area (Å²) in [6, 6.07) is 71.8. The maximum Gasteiger partial charge on any atom is 1.00 e. The number of benzene rings is 8. The van der Waals surface area contributed by atoms with E-state index in [1.165, 1.54) is 21.2 Å². The maximum absolute atomic E-state index is 7.10. The largest absolute Gasteiger partial charge is 1.00 e. The number of fused-ring (bicyclic) bond motifs is 6. The molecule has 10 rings (SSSR count). The molecule has 0 aliphatic rings. The van der Waals surface area contributed by atoms with E-state index in [0.29, 0.717) is 0 Å². The van der Waals surface area contributed by atoms with E-state index < -0.39 is 15.8 Å². The first kappa shape index (κ1) is 45.4. The Morgan fingerprint density at radius 2 is 0.689 bits per heavy atom. The van der Waals surface area contributed by atoms with Gasteiger partial charge in [-0.1, -0.05) is 121 Å². The van der Waals surface area contributed by atoms with Gasteiger partial charge in [-0.2, -0.15) is 0 Å². The van der Waals surface area contributed by atoms with Gasteiger partial charge in [0.25, 0.3) is 0 Å². The van der Waals surface area contributed by atoms with E-state index in [0.717, 1.165) is 55.0 Å². The first-order chi connectivity index (χ1) is 28.9. The van der Waals surface area contributed by atoms with Gasteiger partial charge in [0.15, 0.2) is 4.90 Å². The molecule has 0 saturated carbocycles. The van der Waals surface area contributed by atoms with Crippen molar-refractivity contribution >= 4 is 80.9 Å². The van der Waals surface area contributed by atoms with Gasteiger partial charge in [-0.3, -0.25) is 11.8 Å². The van der Waals surface area contributed by atoms with Crippen molar-refractivity contribution in [2.45, 2.75) is 18.7 Å². The first-order valence-electron chi connectivity index (χ1n) is 19.6. The molecule has 61 heavy (non-hydrogen) atoms. The van der Waals surface area contributed by atoms with Gasteiger partial charge in [0.1, 0.15) is 59.4 Å². The average molecular weight is 1190 g/mol. The number of para-hydroxylation sites is 2. The summed E-state index contributed by atoms with van der Waals surface area (Å²) in [5, 5.41) is 10.3. The Hall–Kier alpha value is -5.18. The fourth-order valence-electron chi connectivity index (χ4n) is 7.93. The number of furan rings is 2. The van der Waals surface area contributed by atoms with Gasteiger partial charge in [-0.05, 0) is 66.7 Å². The molecule has 6 heteroatoms. The molecule has 0 unspecified atom stereocenters. The summed E-state index contributed by atoms with van der Waals surface area (Å²) in [6.45, 7) is 5.02. The zero-order chi connectivity index (χ0) is 40.6. The summed E-state index contributed by atoms with van der Waals surface area (Å²) >= 11 is 0. The van der Waals surface area contributed by atoms with Crippen LogP contribution in [0.25, 0.3) is 43.9 Å². The molecule has 2 nitrogen and oxygen atoms in total. The van der Waals surface area contributed by atoms with E-state index in [1.807, 2.05) is 84.9 Å². The average Bonchev–Trinajstić information content (AvgIpc) is 3.86. The first-order valence-corrected chi connectivity index (χ1v) is 22.6.